The number of esters is 2. The smallest absolute Gasteiger partial charge is 0.315 e. The van der Waals surface area contributed by atoms with Crippen LogP contribution in [0.2, 0.25) is 0 Å². The standard InChI is InChI=1S/C56H58N2O12/c1-65-36-19-33-20-37(66-2)22-35(26-45(62)68-41-10-8-32-24-43-56(64)14-12-39(60)52-54(56,48(32)50(41)70-52)16-18-58(43)28-30-5-6-30)46(33)34(21-36)25-44(61)67-40-9-7-31-23-42-55(63)13-11-38(59)51-53(55,47(31)49(40)69-51)15-17-57(42)27-29-3-4-29/h7-10,19-22,29-30,42-43,51-52,63-64H,3-6,11-18,23-28H2,1-2H3/t42-,43-,51+,52+,53+,54+,55-,56-/m1/s1. The Labute approximate surface area is 405 Å². The lowest BCUT2D eigenvalue weighted by atomic mass is 9.49. The summed E-state index contributed by atoms with van der Waals surface area (Å²) in [5.74, 6) is 2.17. The van der Waals surface area contributed by atoms with Gasteiger partial charge in [0.25, 0.3) is 0 Å². The number of benzene rings is 4. The van der Waals surface area contributed by atoms with Crippen LogP contribution < -0.4 is 28.4 Å². The number of hydrogen-bond acceptors (Lipinski definition) is 14. The summed E-state index contributed by atoms with van der Waals surface area (Å²) < 4.78 is 37.1. The molecule has 6 aliphatic carbocycles. The van der Waals surface area contributed by atoms with Crippen LogP contribution in [0.15, 0.2) is 48.5 Å². The molecule has 14 heteroatoms. The topological polar surface area (TPSA) is 171 Å². The molecule has 14 rings (SSSR count). The fourth-order valence-electron chi connectivity index (χ4n) is 15.5. The van der Waals surface area contributed by atoms with E-state index in [0.29, 0.717) is 95.3 Å². The Hall–Kier alpha value is -5.54. The molecule has 8 atom stereocenters. The number of piperidine rings is 2. The average molecular weight is 951 g/mol. The lowest BCUT2D eigenvalue weighted by molar-refractivity contribution is -0.188. The van der Waals surface area contributed by atoms with Gasteiger partial charge in [-0.15, -0.1) is 0 Å². The highest BCUT2D eigenvalue weighted by Gasteiger charge is 2.75. The minimum Gasteiger partial charge on any atom is -0.497 e. The number of rotatable bonds is 12. The van der Waals surface area contributed by atoms with Crippen molar-refractivity contribution in [2.75, 3.05) is 40.4 Å². The highest BCUT2D eigenvalue weighted by molar-refractivity contribution is 5.97. The van der Waals surface area contributed by atoms with Crippen LogP contribution in [0.25, 0.3) is 10.8 Å². The van der Waals surface area contributed by atoms with E-state index in [-0.39, 0.29) is 60.8 Å². The van der Waals surface area contributed by atoms with Gasteiger partial charge in [-0.3, -0.25) is 29.0 Å². The molecule has 2 spiro atoms. The van der Waals surface area contributed by atoms with Gasteiger partial charge >= 0.3 is 11.9 Å². The molecule has 14 nitrogen and oxygen atoms in total. The van der Waals surface area contributed by atoms with E-state index in [4.69, 9.17) is 28.4 Å². The van der Waals surface area contributed by atoms with Gasteiger partial charge in [0.2, 0.25) is 0 Å². The molecule has 70 heavy (non-hydrogen) atoms. The van der Waals surface area contributed by atoms with Crippen LogP contribution in [0, 0.1) is 11.8 Å². The van der Waals surface area contributed by atoms with Gasteiger partial charge in [0.1, 0.15) is 11.5 Å². The van der Waals surface area contributed by atoms with Crippen molar-refractivity contribution in [2.24, 2.45) is 11.8 Å². The normalized spacial score (nSPS) is 33.0. The Balaban J connectivity index is 0.769. The molecule has 4 heterocycles. The maximum absolute atomic E-state index is 14.3. The predicted octanol–water partition coefficient (Wildman–Crippen LogP) is 5.42. The Morgan fingerprint density at radius 3 is 1.50 bits per heavy atom. The number of hydrogen-bond donors (Lipinski definition) is 2. The van der Waals surface area contributed by atoms with E-state index >= 15 is 0 Å². The highest BCUT2D eigenvalue weighted by atomic mass is 16.6. The van der Waals surface area contributed by atoms with Gasteiger partial charge in [0.15, 0.2) is 46.8 Å². The minimum absolute atomic E-state index is 0.0364. The molecular formula is C56H58N2O12. The summed E-state index contributed by atoms with van der Waals surface area (Å²) in [7, 11) is 3.09. The Morgan fingerprint density at radius 2 is 1.09 bits per heavy atom. The van der Waals surface area contributed by atoms with E-state index in [9.17, 15) is 29.4 Å². The molecule has 0 amide bonds. The fourth-order valence-corrected chi connectivity index (χ4v) is 15.5. The van der Waals surface area contributed by atoms with Crippen molar-refractivity contribution in [1.29, 1.82) is 0 Å². The van der Waals surface area contributed by atoms with Crippen LogP contribution >= 0.6 is 0 Å². The summed E-state index contributed by atoms with van der Waals surface area (Å²) in [6.07, 6.45) is 6.33. The first kappa shape index (κ1) is 43.3. The average Bonchev–Trinajstić information content (AvgIpc) is 4.27. The molecule has 10 aliphatic rings. The third-order valence-electron chi connectivity index (χ3n) is 18.8. The van der Waals surface area contributed by atoms with Crippen LogP contribution in [0.3, 0.4) is 0 Å². The number of nitrogens with zero attached hydrogens (tertiary/aromatic N) is 2. The van der Waals surface area contributed by atoms with Crippen molar-refractivity contribution in [3.8, 4) is 34.5 Å². The number of aliphatic hydroxyl groups is 2. The number of Topliss-reactive ketones (excluding diaryl/α,β-unsaturated/α-hetero) is 2. The van der Waals surface area contributed by atoms with Crippen LogP contribution in [0.1, 0.15) is 97.6 Å². The summed E-state index contributed by atoms with van der Waals surface area (Å²) >= 11 is 0. The lowest BCUT2D eigenvalue weighted by Gasteiger charge is -2.62. The predicted molar refractivity (Wildman–Crippen MR) is 252 cm³/mol. The number of fused-ring (bicyclic) bond motifs is 1. The summed E-state index contributed by atoms with van der Waals surface area (Å²) in [5.41, 5.74) is 0.614. The molecule has 4 aliphatic heterocycles. The van der Waals surface area contributed by atoms with E-state index in [1.54, 1.807) is 38.5 Å². The molecule has 4 aromatic rings. The molecule has 2 N–H and O–H groups in total. The van der Waals surface area contributed by atoms with Crippen molar-refractivity contribution in [2.45, 2.75) is 136 Å². The second kappa shape index (κ2) is 15.0. The maximum atomic E-state index is 14.3. The summed E-state index contributed by atoms with van der Waals surface area (Å²) in [5, 5.41) is 26.9. The van der Waals surface area contributed by atoms with E-state index in [1.165, 1.54) is 25.7 Å². The third kappa shape index (κ3) is 5.87. The van der Waals surface area contributed by atoms with Crippen LogP contribution in [0.4, 0.5) is 0 Å². The molecule has 0 unspecified atom stereocenters. The van der Waals surface area contributed by atoms with Gasteiger partial charge in [-0.1, -0.05) is 12.1 Å². The number of ketones is 2. The highest BCUT2D eigenvalue weighted by Crippen LogP contribution is 2.67. The zero-order valence-electron chi connectivity index (χ0n) is 39.7. The van der Waals surface area contributed by atoms with Gasteiger partial charge in [0, 0.05) is 49.1 Å². The summed E-state index contributed by atoms with van der Waals surface area (Å²) in [6, 6.07) is 14.4. The Kier molecular flexibility index (Phi) is 9.27. The maximum Gasteiger partial charge on any atom is 0.315 e. The quantitative estimate of drug-likeness (QED) is 0.136. The van der Waals surface area contributed by atoms with E-state index in [1.807, 2.05) is 24.3 Å². The van der Waals surface area contributed by atoms with Gasteiger partial charge in [0.05, 0.1) is 49.1 Å². The van der Waals surface area contributed by atoms with Gasteiger partial charge in [-0.05, 0) is 159 Å². The number of carbonyl (C=O) groups is 4. The zero-order valence-corrected chi connectivity index (χ0v) is 39.7. The van der Waals surface area contributed by atoms with Crippen LogP contribution in [-0.4, -0.2) is 119 Å². The molecule has 6 fully saturated rings. The Morgan fingerprint density at radius 1 is 0.643 bits per heavy atom. The molecule has 4 saturated carbocycles. The molecule has 4 aromatic carbocycles. The lowest BCUT2D eigenvalue weighted by Crippen LogP contribution is -2.76. The number of ether oxygens (including phenoxy) is 6. The van der Waals surface area contributed by atoms with Crippen LogP contribution in [0.5, 0.6) is 34.5 Å². The number of carbonyl (C=O) groups excluding carboxylic acids is 4. The van der Waals surface area contributed by atoms with Crippen molar-refractivity contribution in [3.63, 3.8) is 0 Å². The van der Waals surface area contributed by atoms with Gasteiger partial charge in [-0.25, -0.2) is 0 Å². The van der Waals surface area contributed by atoms with Crippen molar-refractivity contribution >= 4 is 34.3 Å². The van der Waals surface area contributed by atoms with Gasteiger partial charge < -0.3 is 38.6 Å². The molecular weight excluding hydrogens is 893 g/mol. The van der Waals surface area contributed by atoms with Crippen molar-refractivity contribution < 1.29 is 57.8 Å². The summed E-state index contributed by atoms with van der Waals surface area (Å²) in [6.45, 7) is 3.43. The first-order valence-electron chi connectivity index (χ1n) is 25.6. The van der Waals surface area contributed by atoms with Crippen molar-refractivity contribution in [3.05, 3.63) is 81.9 Å². The SMILES string of the molecule is COc1cc(CC(=O)Oc2ccc3c4c2O[C@H]2C(=O)CC[C@@]5(O)[C@@H](C3)N(CC3CC3)CC[C@]425)c2c(CC(=O)Oc3ccc4c5c3O[C@H]3C(=O)CC[C@@]6(O)[C@@H](C4)N(CC4CC4)CC[C@]536)cc(OC)cc2c1. The van der Waals surface area contributed by atoms with Crippen LogP contribution in [-0.2, 0) is 55.7 Å². The number of methoxy groups -OCH3 is 2. The fraction of sp³-hybridized carbons (Fsp3) is 0.536. The monoisotopic (exact) mass is 950 g/mol. The molecule has 0 aromatic heterocycles. The third-order valence-corrected chi connectivity index (χ3v) is 18.8. The van der Waals surface area contributed by atoms with Gasteiger partial charge in [-0.2, -0.15) is 0 Å². The summed E-state index contributed by atoms with van der Waals surface area (Å²) in [4.78, 5) is 61.0. The van der Waals surface area contributed by atoms with E-state index in [0.717, 1.165) is 48.4 Å². The second-order valence-corrected chi connectivity index (χ2v) is 22.4. The van der Waals surface area contributed by atoms with E-state index in [2.05, 4.69) is 9.80 Å². The molecule has 0 radical (unpaired) electrons. The first-order chi connectivity index (χ1) is 33.8. The van der Waals surface area contributed by atoms with E-state index < -0.39 is 46.2 Å². The minimum atomic E-state index is -1.15. The molecule has 4 bridgehead atoms. The molecule has 364 valence electrons. The Bertz CT molecular complexity index is 2800. The molecule has 2 saturated heterocycles. The second-order valence-electron chi connectivity index (χ2n) is 22.4. The first-order valence-corrected chi connectivity index (χ1v) is 25.6. The van der Waals surface area contributed by atoms with Crippen molar-refractivity contribution in [1.82, 2.24) is 9.80 Å². The largest absolute Gasteiger partial charge is 0.497 e. The zero-order chi connectivity index (χ0) is 47.6. The number of likely N-dealkylation sites (tertiary alicyclic amines) is 2.